The number of aliphatic hydroxyl groups is 2. The fourth-order valence-corrected chi connectivity index (χ4v) is 9.46. The number of fused-ring (bicyclic) bond motifs is 5. The van der Waals surface area contributed by atoms with Crippen LogP contribution in [0.2, 0.25) is 0 Å². The van der Waals surface area contributed by atoms with Gasteiger partial charge in [0.25, 0.3) is 0 Å². The van der Waals surface area contributed by atoms with Crippen molar-refractivity contribution in [1.82, 2.24) is 0 Å². The third-order valence-corrected chi connectivity index (χ3v) is 11.6. The van der Waals surface area contributed by atoms with Gasteiger partial charge in [0, 0.05) is 18.8 Å². The van der Waals surface area contributed by atoms with Gasteiger partial charge in [0.1, 0.15) is 11.7 Å². The van der Waals surface area contributed by atoms with Crippen molar-refractivity contribution in [3.05, 3.63) is 12.2 Å². The smallest absolute Gasteiger partial charge is 0.303 e. The van der Waals surface area contributed by atoms with E-state index >= 15 is 0 Å². The fourth-order valence-electron chi connectivity index (χ4n) is 9.46. The minimum absolute atomic E-state index is 0.310. The van der Waals surface area contributed by atoms with Crippen LogP contribution in [-0.2, 0) is 9.53 Å². The Hall–Kier alpha value is -0.870. The maximum absolute atomic E-state index is 12.1. The highest BCUT2D eigenvalue weighted by atomic mass is 16.6. The molecule has 4 rings (SSSR count). The van der Waals surface area contributed by atoms with Gasteiger partial charge in [-0.25, -0.2) is 0 Å². The maximum atomic E-state index is 12.1. The third kappa shape index (κ3) is 4.09. The lowest BCUT2D eigenvalue weighted by atomic mass is 9.42. The first-order chi connectivity index (χ1) is 15.8. The quantitative estimate of drug-likeness (QED) is 0.351. The summed E-state index contributed by atoms with van der Waals surface area (Å²) in [6.45, 7) is 17.5. The van der Waals surface area contributed by atoms with E-state index in [2.05, 4.69) is 41.2 Å². The van der Waals surface area contributed by atoms with E-state index in [9.17, 15) is 15.0 Å². The van der Waals surface area contributed by atoms with Crippen LogP contribution in [0.25, 0.3) is 0 Å². The topological polar surface area (TPSA) is 66.8 Å². The summed E-state index contributed by atoms with van der Waals surface area (Å²) in [6, 6.07) is 0. The van der Waals surface area contributed by atoms with E-state index in [1.165, 1.54) is 38.2 Å². The molecule has 0 aromatic heterocycles. The number of carbonyl (C=O) groups is 1. The zero-order valence-electron chi connectivity index (χ0n) is 22.6. The molecule has 4 heteroatoms. The Bertz CT molecular complexity index is 791. The number of hydrogen-bond donors (Lipinski definition) is 2. The van der Waals surface area contributed by atoms with E-state index in [0.29, 0.717) is 41.4 Å². The first-order valence-electron chi connectivity index (χ1n) is 14.1. The normalized spacial score (nSPS) is 46.9. The van der Waals surface area contributed by atoms with Crippen molar-refractivity contribution in [3.63, 3.8) is 0 Å². The van der Waals surface area contributed by atoms with Crippen LogP contribution in [0.1, 0.15) is 106 Å². The van der Waals surface area contributed by atoms with Crippen LogP contribution < -0.4 is 0 Å². The molecule has 0 bridgehead atoms. The van der Waals surface area contributed by atoms with E-state index in [1.54, 1.807) is 0 Å². The molecule has 0 heterocycles. The van der Waals surface area contributed by atoms with Crippen molar-refractivity contribution in [2.75, 3.05) is 0 Å². The second kappa shape index (κ2) is 9.21. The minimum Gasteiger partial charge on any atom is -0.459 e. The Morgan fingerprint density at radius 3 is 2.44 bits per heavy atom. The SMILES string of the molecule is C=C(CCC(C)C1CCC2C3CC(OC(C)=O)C4(O)CC(O)CCC4(C)C3CCC12C)C(C)C. The van der Waals surface area contributed by atoms with Gasteiger partial charge in [-0.2, -0.15) is 0 Å². The van der Waals surface area contributed by atoms with E-state index in [4.69, 9.17) is 4.74 Å². The fraction of sp³-hybridized carbons (Fsp3) is 0.900. The molecule has 0 spiro atoms. The van der Waals surface area contributed by atoms with Gasteiger partial charge in [0.05, 0.1) is 6.10 Å². The molecule has 10 unspecified atom stereocenters. The number of esters is 1. The standard InChI is InChI=1S/C30H50O4/c1-18(2)19(3)8-9-20(4)24-10-11-25-23-16-27(34-21(5)31)30(33)17-22(32)12-15-29(30,7)26(23)13-14-28(24,25)6/h18,20,22-27,32-33H,3,8-17H2,1-2,4-7H3. The monoisotopic (exact) mass is 474 g/mol. The van der Waals surface area contributed by atoms with Crippen LogP contribution in [0.5, 0.6) is 0 Å². The van der Waals surface area contributed by atoms with Gasteiger partial charge in [-0.05, 0) is 98.7 Å². The minimum atomic E-state index is -1.13. The van der Waals surface area contributed by atoms with Crippen LogP contribution in [-0.4, -0.2) is 34.0 Å². The van der Waals surface area contributed by atoms with Crippen molar-refractivity contribution < 1.29 is 19.7 Å². The summed E-state index contributed by atoms with van der Waals surface area (Å²) in [4.78, 5) is 12.1. The lowest BCUT2D eigenvalue weighted by Gasteiger charge is -2.65. The number of ether oxygens (including phenoxy) is 1. The molecule has 2 N–H and O–H groups in total. The highest BCUT2D eigenvalue weighted by Gasteiger charge is 2.68. The molecule has 4 aliphatic rings. The van der Waals surface area contributed by atoms with Gasteiger partial charge in [0.15, 0.2) is 0 Å². The molecule has 0 saturated heterocycles. The Morgan fingerprint density at radius 1 is 1.09 bits per heavy atom. The van der Waals surface area contributed by atoms with Crippen LogP contribution in [0, 0.1) is 46.3 Å². The van der Waals surface area contributed by atoms with Crippen LogP contribution >= 0.6 is 0 Å². The maximum Gasteiger partial charge on any atom is 0.303 e. The summed E-state index contributed by atoms with van der Waals surface area (Å²) >= 11 is 0. The molecule has 0 aliphatic heterocycles. The molecule has 0 amide bonds. The average Bonchev–Trinajstić information content (AvgIpc) is 3.10. The molecule has 4 fully saturated rings. The number of hydrogen-bond acceptors (Lipinski definition) is 4. The van der Waals surface area contributed by atoms with Crippen molar-refractivity contribution >= 4 is 5.97 Å². The first-order valence-corrected chi connectivity index (χ1v) is 14.1. The largest absolute Gasteiger partial charge is 0.459 e. The van der Waals surface area contributed by atoms with Crippen molar-refractivity contribution in [1.29, 1.82) is 0 Å². The molecular formula is C30H50O4. The van der Waals surface area contributed by atoms with Crippen LogP contribution in [0.4, 0.5) is 0 Å². The van der Waals surface area contributed by atoms with Gasteiger partial charge < -0.3 is 14.9 Å². The molecule has 4 nitrogen and oxygen atoms in total. The van der Waals surface area contributed by atoms with Crippen molar-refractivity contribution in [3.8, 4) is 0 Å². The molecular weight excluding hydrogens is 424 g/mol. The summed E-state index contributed by atoms with van der Waals surface area (Å²) < 4.78 is 5.86. The summed E-state index contributed by atoms with van der Waals surface area (Å²) in [5, 5.41) is 22.5. The number of aliphatic hydroxyl groups excluding tert-OH is 1. The van der Waals surface area contributed by atoms with Gasteiger partial charge in [-0.1, -0.05) is 46.8 Å². The van der Waals surface area contributed by atoms with E-state index < -0.39 is 17.8 Å². The third-order valence-electron chi connectivity index (χ3n) is 11.6. The van der Waals surface area contributed by atoms with Crippen LogP contribution in [0.3, 0.4) is 0 Å². The van der Waals surface area contributed by atoms with Gasteiger partial charge in [0.2, 0.25) is 0 Å². The zero-order chi connectivity index (χ0) is 25.1. The molecule has 34 heavy (non-hydrogen) atoms. The summed E-state index contributed by atoms with van der Waals surface area (Å²) in [6.07, 6.45) is 8.85. The van der Waals surface area contributed by atoms with Crippen molar-refractivity contribution in [2.45, 2.75) is 124 Å². The summed E-state index contributed by atoms with van der Waals surface area (Å²) in [5.74, 6) is 3.19. The second-order valence-corrected chi connectivity index (χ2v) is 13.5. The average molecular weight is 475 g/mol. The lowest BCUT2D eigenvalue weighted by Crippen LogP contribution is -2.69. The molecule has 4 saturated carbocycles. The Labute approximate surface area is 207 Å². The van der Waals surface area contributed by atoms with Crippen molar-refractivity contribution in [2.24, 2.45) is 46.3 Å². The van der Waals surface area contributed by atoms with Gasteiger partial charge in [-0.3, -0.25) is 4.79 Å². The highest BCUT2D eigenvalue weighted by molar-refractivity contribution is 5.66. The van der Waals surface area contributed by atoms with Crippen LogP contribution in [0.15, 0.2) is 12.2 Å². The zero-order valence-corrected chi connectivity index (χ0v) is 22.6. The summed E-state index contributed by atoms with van der Waals surface area (Å²) in [5.41, 5.74) is 0.252. The van der Waals surface area contributed by atoms with Gasteiger partial charge in [-0.15, -0.1) is 0 Å². The Morgan fingerprint density at radius 2 is 1.79 bits per heavy atom. The highest BCUT2D eigenvalue weighted by Crippen LogP contribution is 2.69. The molecule has 0 aromatic carbocycles. The van der Waals surface area contributed by atoms with E-state index in [1.807, 2.05) is 0 Å². The number of rotatable bonds is 6. The number of allylic oxidation sites excluding steroid dienone is 1. The predicted octanol–water partition coefficient (Wildman–Crippen LogP) is 6.29. The Balaban J connectivity index is 1.58. The van der Waals surface area contributed by atoms with E-state index in [0.717, 1.165) is 38.0 Å². The summed E-state index contributed by atoms with van der Waals surface area (Å²) in [7, 11) is 0. The first kappa shape index (κ1) is 26.2. The molecule has 0 aromatic rings. The lowest BCUT2D eigenvalue weighted by molar-refractivity contribution is -0.269. The second-order valence-electron chi connectivity index (χ2n) is 13.5. The Kier molecular flexibility index (Phi) is 7.10. The molecule has 194 valence electrons. The van der Waals surface area contributed by atoms with Gasteiger partial charge >= 0.3 is 5.97 Å². The predicted molar refractivity (Wildman–Crippen MR) is 136 cm³/mol. The van der Waals surface area contributed by atoms with E-state index in [-0.39, 0.29) is 11.4 Å². The molecule has 4 aliphatic carbocycles. The number of carbonyl (C=O) groups excluding carboxylic acids is 1. The molecule has 10 atom stereocenters. The molecule has 0 radical (unpaired) electrons.